The summed E-state index contributed by atoms with van der Waals surface area (Å²) < 4.78 is 0. The van der Waals surface area contributed by atoms with Crippen molar-refractivity contribution in [2.75, 3.05) is 0 Å². The van der Waals surface area contributed by atoms with Gasteiger partial charge in [0.1, 0.15) is 0 Å². The van der Waals surface area contributed by atoms with Gasteiger partial charge in [-0.05, 0) is 55.0 Å². The summed E-state index contributed by atoms with van der Waals surface area (Å²) in [5.74, 6) is 0. The molecule has 2 aromatic carbocycles. The van der Waals surface area contributed by atoms with Gasteiger partial charge in [-0.1, -0.05) is 43.5 Å². The molecule has 118 valence electrons. The first kappa shape index (κ1) is 18.1. The third-order valence-electron chi connectivity index (χ3n) is 3.33. The van der Waals surface area contributed by atoms with Crippen molar-refractivity contribution in [2.45, 2.75) is 47.0 Å². The molecule has 0 saturated carbocycles. The molecule has 0 radical (unpaired) electrons. The Morgan fingerprint density at radius 3 is 1.73 bits per heavy atom. The van der Waals surface area contributed by atoms with E-state index in [-0.39, 0.29) is 0 Å². The number of benzene rings is 2. The van der Waals surface area contributed by atoms with Crippen LogP contribution in [0.2, 0.25) is 10.0 Å². The maximum absolute atomic E-state index is 5.97. The lowest BCUT2D eigenvalue weighted by molar-refractivity contribution is 0.730. The van der Waals surface area contributed by atoms with Crippen LogP contribution in [0.25, 0.3) is 0 Å². The Labute approximate surface area is 152 Å². The normalized spacial score (nSPS) is 13.8. The molecule has 0 fully saturated rings. The Morgan fingerprint density at radius 2 is 1.27 bits per heavy atom. The average molecular weight is 371 g/mol. The quantitative estimate of drug-likeness (QED) is 0.464. The van der Waals surface area contributed by atoms with E-state index in [1.807, 2.05) is 47.8 Å². The van der Waals surface area contributed by atoms with Crippen LogP contribution >= 0.6 is 46.7 Å². The fraction of sp³-hybridized carbons (Fsp3) is 0.333. The second kappa shape index (κ2) is 9.12. The van der Waals surface area contributed by atoms with Gasteiger partial charge in [0.25, 0.3) is 0 Å². The maximum atomic E-state index is 5.97. The molecule has 0 spiro atoms. The summed E-state index contributed by atoms with van der Waals surface area (Å²) >= 11 is 15.8. The minimum absolute atomic E-state index is 0.529. The van der Waals surface area contributed by atoms with E-state index >= 15 is 0 Å². The van der Waals surface area contributed by atoms with Gasteiger partial charge in [0.2, 0.25) is 0 Å². The van der Waals surface area contributed by atoms with E-state index in [2.05, 4.69) is 38.1 Å². The summed E-state index contributed by atoms with van der Waals surface area (Å²) in [5.41, 5.74) is 0. The second-order valence-corrected chi connectivity index (χ2v) is 8.81. The summed E-state index contributed by atoms with van der Waals surface area (Å²) in [6, 6.07) is 16.2. The molecule has 0 saturated heterocycles. The lowest BCUT2D eigenvalue weighted by Gasteiger charge is -2.23. The van der Waals surface area contributed by atoms with Gasteiger partial charge >= 0.3 is 0 Å². The molecule has 0 heterocycles. The molecular weight excluding hydrogens is 351 g/mol. The van der Waals surface area contributed by atoms with E-state index in [1.54, 1.807) is 0 Å². The van der Waals surface area contributed by atoms with Crippen molar-refractivity contribution in [3.05, 3.63) is 58.6 Å². The van der Waals surface area contributed by atoms with Crippen molar-refractivity contribution in [3.63, 3.8) is 0 Å². The van der Waals surface area contributed by atoms with E-state index in [1.165, 1.54) is 22.6 Å². The summed E-state index contributed by atoms with van der Waals surface area (Å²) in [7, 11) is 0. The summed E-state index contributed by atoms with van der Waals surface area (Å²) in [6.07, 6.45) is 2.39. The maximum Gasteiger partial charge on any atom is 0.0406 e. The molecule has 0 aliphatic carbocycles. The molecule has 0 aromatic heterocycles. The molecule has 0 N–H and O–H groups in total. The zero-order chi connectivity index (χ0) is 15.9. The van der Waals surface area contributed by atoms with E-state index in [4.69, 9.17) is 23.2 Å². The fourth-order valence-electron chi connectivity index (χ4n) is 2.17. The Balaban J connectivity index is 2.02. The van der Waals surface area contributed by atoms with Crippen molar-refractivity contribution in [3.8, 4) is 0 Å². The molecule has 0 aliphatic heterocycles. The second-order valence-electron chi connectivity index (χ2n) is 5.18. The number of halogens is 2. The number of hydrogen-bond donors (Lipinski definition) is 0. The highest BCUT2D eigenvalue weighted by Gasteiger charge is 2.19. The van der Waals surface area contributed by atoms with E-state index in [0.29, 0.717) is 10.5 Å². The van der Waals surface area contributed by atoms with Crippen LogP contribution in [0.4, 0.5) is 0 Å². The van der Waals surface area contributed by atoms with Gasteiger partial charge in [0.05, 0.1) is 0 Å². The zero-order valence-corrected chi connectivity index (χ0v) is 15.9. The summed E-state index contributed by atoms with van der Waals surface area (Å²) in [6.45, 7) is 4.55. The Hall–Kier alpha value is -0.280. The smallest absolute Gasteiger partial charge is 0.0406 e. The third-order valence-corrected chi connectivity index (χ3v) is 6.75. The van der Waals surface area contributed by atoms with Crippen molar-refractivity contribution in [1.82, 2.24) is 0 Å². The summed E-state index contributed by atoms with van der Waals surface area (Å²) in [5, 5.41) is 2.69. The van der Waals surface area contributed by atoms with Gasteiger partial charge in [-0.25, -0.2) is 0 Å². The Morgan fingerprint density at radius 1 is 0.818 bits per heavy atom. The third kappa shape index (κ3) is 5.73. The lowest BCUT2D eigenvalue weighted by Crippen LogP contribution is -2.16. The first-order valence-corrected chi connectivity index (χ1v) is 9.94. The zero-order valence-electron chi connectivity index (χ0n) is 12.8. The van der Waals surface area contributed by atoms with Gasteiger partial charge in [-0.15, -0.1) is 23.5 Å². The van der Waals surface area contributed by atoms with Crippen LogP contribution in [0.15, 0.2) is 58.3 Å². The highest BCUT2D eigenvalue weighted by atomic mass is 35.5. The minimum Gasteiger partial charge on any atom is -0.122 e. The first-order chi connectivity index (χ1) is 10.6. The van der Waals surface area contributed by atoms with Gasteiger partial charge in [-0.2, -0.15) is 0 Å². The molecule has 0 nitrogen and oxygen atoms in total. The molecule has 2 rings (SSSR count). The molecule has 0 bridgehead atoms. The molecule has 2 unspecified atom stereocenters. The highest BCUT2D eigenvalue weighted by Crippen LogP contribution is 2.37. The molecule has 0 amide bonds. The van der Waals surface area contributed by atoms with Crippen molar-refractivity contribution < 1.29 is 0 Å². The topological polar surface area (TPSA) is 0 Å². The molecule has 0 aliphatic rings. The van der Waals surface area contributed by atoms with Crippen LogP contribution in [0.1, 0.15) is 26.7 Å². The van der Waals surface area contributed by atoms with Gasteiger partial charge in [0.15, 0.2) is 0 Å². The van der Waals surface area contributed by atoms with Crippen LogP contribution in [0.3, 0.4) is 0 Å². The molecule has 22 heavy (non-hydrogen) atoms. The lowest BCUT2D eigenvalue weighted by atomic mass is 10.2. The van der Waals surface area contributed by atoms with E-state index < -0.39 is 0 Å². The summed E-state index contributed by atoms with van der Waals surface area (Å²) in [4.78, 5) is 2.56. The first-order valence-electron chi connectivity index (χ1n) is 7.43. The van der Waals surface area contributed by atoms with Crippen LogP contribution in [-0.2, 0) is 0 Å². The predicted octanol–water partition coefficient (Wildman–Crippen LogP) is 7.44. The molecular formula is C18H20Cl2S2. The monoisotopic (exact) mass is 370 g/mol. The van der Waals surface area contributed by atoms with Gasteiger partial charge in [-0.3, -0.25) is 0 Å². The molecule has 4 heteroatoms. The fourth-order valence-corrected chi connectivity index (χ4v) is 4.95. The van der Waals surface area contributed by atoms with Crippen LogP contribution in [-0.4, -0.2) is 10.5 Å². The number of thioether (sulfide) groups is 2. The molecule has 2 atom stereocenters. The highest BCUT2D eigenvalue weighted by molar-refractivity contribution is 8.03. The Bertz CT molecular complexity index is 567. The average Bonchev–Trinajstić information content (AvgIpc) is 2.51. The van der Waals surface area contributed by atoms with Crippen molar-refractivity contribution in [2.24, 2.45) is 0 Å². The number of hydrogen-bond acceptors (Lipinski definition) is 2. The van der Waals surface area contributed by atoms with Gasteiger partial charge in [0, 0.05) is 30.3 Å². The standard InChI is InChI=1S/C18H20Cl2S2/c1-3-4-18(22-17-11-7-15(20)8-12-17)13(2)21-16-9-5-14(19)6-10-16/h5-13,18H,3-4H2,1-2H3. The van der Waals surface area contributed by atoms with Crippen molar-refractivity contribution in [1.29, 1.82) is 0 Å². The minimum atomic E-state index is 0.529. The Kier molecular flexibility index (Phi) is 7.49. The van der Waals surface area contributed by atoms with E-state index in [9.17, 15) is 0 Å². The SMILES string of the molecule is CCCC(Sc1ccc(Cl)cc1)C(C)Sc1ccc(Cl)cc1. The van der Waals surface area contributed by atoms with Crippen LogP contribution in [0, 0.1) is 0 Å². The van der Waals surface area contributed by atoms with Crippen LogP contribution < -0.4 is 0 Å². The van der Waals surface area contributed by atoms with E-state index in [0.717, 1.165) is 10.0 Å². The van der Waals surface area contributed by atoms with Crippen LogP contribution in [0.5, 0.6) is 0 Å². The largest absolute Gasteiger partial charge is 0.122 e. The van der Waals surface area contributed by atoms with Gasteiger partial charge < -0.3 is 0 Å². The number of rotatable bonds is 7. The van der Waals surface area contributed by atoms with Crippen molar-refractivity contribution >= 4 is 46.7 Å². The predicted molar refractivity (Wildman–Crippen MR) is 103 cm³/mol. The molecule has 2 aromatic rings.